The highest BCUT2D eigenvalue weighted by Crippen LogP contribution is 2.33. The van der Waals surface area contributed by atoms with Crippen molar-refractivity contribution in [1.82, 2.24) is 9.38 Å². The van der Waals surface area contributed by atoms with Crippen molar-refractivity contribution >= 4 is 17.2 Å². The summed E-state index contributed by atoms with van der Waals surface area (Å²) in [6.07, 6.45) is 2.06. The van der Waals surface area contributed by atoms with E-state index in [9.17, 15) is 0 Å². The monoisotopic (exact) mass is 348 g/mol. The summed E-state index contributed by atoms with van der Waals surface area (Å²) < 4.78 is 2.03. The van der Waals surface area contributed by atoms with Crippen LogP contribution in [-0.2, 0) is 10.8 Å². The van der Waals surface area contributed by atoms with Crippen LogP contribution >= 0.6 is 0 Å². The number of pyridine rings is 1. The molecule has 0 atom stereocenters. The van der Waals surface area contributed by atoms with E-state index < -0.39 is 0 Å². The number of hydrogen-bond acceptors (Lipinski definition) is 3. The average molecular weight is 348 g/mol. The van der Waals surface area contributed by atoms with Gasteiger partial charge in [-0.15, -0.1) is 10.2 Å². The van der Waals surface area contributed by atoms with Crippen molar-refractivity contribution in [3.63, 3.8) is 0 Å². The van der Waals surface area contributed by atoms with E-state index in [0.29, 0.717) is 0 Å². The molecule has 26 heavy (non-hydrogen) atoms. The van der Waals surface area contributed by atoms with E-state index >= 15 is 0 Å². The van der Waals surface area contributed by atoms with Gasteiger partial charge in [-0.3, -0.25) is 4.40 Å². The molecule has 2 heterocycles. The Labute approximate surface area is 156 Å². The van der Waals surface area contributed by atoms with Gasteiger partial charge >= 0.3 is 0 Å². The second-order valence-electron chi connectivity index (χ2n) is 8.97. The molecule has 0 aliphatic carbocycles. The highest BCUT2D eigenvalue weighted by Gasteiger charge is 2.24. The molecule has 3 aromatic rings. The van der Waals surface area contributed by atoms with Gasteiger partial charge in [0, 0.05) is 11.6 Å². The van der Waals surface area contributed by atoms with Gasteiger partial charge in [-0.1, -0.05) is 59.7 Å². The van der Waals surface area contributed by atoms with E-state index in [4.69, 9.17) is 4.98 Å². The minimum atomic E-state index is -0.107. The van der Waals surface area contributed by atoms with Crippen LogP contribution < -0.4 is 0 Å². The van der Waals surface area contributed by atoms with Crippen LogP contribution in [0.2, 0.25) is 0 Å². The second-order valence-corrected chi connectivity index (χ2v) is 8.97. The van der Waals surface area contributed by atoms with Crippen molar-refractivity contribution in [2.45, 2.75) is 59.3 Å². The van der Waals surface area contributed by atoms with Gasteiger partial charge in [0.15, 0.2) is 5.82 Å². The van der Waals surface area contributed by atoms with Gasteiger partial charge < -0.3 is 0 Å². The molecule has 0 amide bonds. The number of nitrogens with zero attached hydrogens (tertiary/aromatic N) is 4. The summed E-state index contributed by atoms with van der Waals surface area (Å²) in [6, 6.07) is 12.4. The summed E-state index contributed by atoms with van der Waals surface area (Å²) in [6.45, 7) is 15.2. The maximum Gasteiger partial charge on any atom is 0.183 e. The van der Waals surface area contributed by atoms with Gasteiger partial charge in [0.1, 0.15) is 5.65 Å². The smallest absolute Gasteiger partial charge is 0.183 e. The standard InChI is InChI=1S/C22H28N4/c1-15-8-13-18-23-19(22(5,6)7)20(26(18)14-15)25-24-17-11-9-16(10-12-17)21(2,3)4/h8-14H,1-7H3. The maximum absolute atomic E-state index is 4.79. The molecule has 0 aliphatic heterocycles. The second kappa shape index (κ2) is 6.35. The number of azo groups is 1. The van der Waals surface area contributed by atoms with E-state index in [2.05, 4.69) is 83.1 Å². The van der Waals surface area contributed by atoms with Crippen LogP contribution in [0.25, 0.3) is 5.65 Å². The maximum atomic E-state index is 4.79. The zero-order valence-corrected chi connectivity index (χ0v) is 16.8. The molecule has 3 rings (SSSR count). The minimum Gasteiger partial charge on any atom is -0.283 e. The summed E-state index contributed by atoms with van der Waals surface area (Å²) in [5.74, 6) is 0.802. The molecule has 0 spiro atoms. The Kier molecular flexibility index (Phi) is 4.47. The molecule has 0 saturated carbocycles. The summed E-state index contributed by atoms with van der Waals surface area (Å²) in [4.78, 5) is 4.79. The summed E-state index contributed by atoms with van der Waals surface area (Å²) in [5, 5.41) is 9.08. The lowest BCUT2D eigenvalue weighted by atomic mass is 9.87. The third-order valence-corrected chi connectivity index (χ3v) is 4.45. The lowest BCUT2D eigenvalue weighted by Crippen LogP contribution is -2.11. The van der Waals surface area contributed by atoms with Gasteiger partial charge in [0.2, 0.25) is 0 Å². The van der Waals surface area contributed by atoms with E-state index in [-0.39, 0.29) is 10.8 Å². The van der Waals surface area contributed by atoms with Gasteiger partial charge in [-0.25, -0.2) is 4.98 Å². The first-order valence-corrected chi connectivity index (χ1v) is 9.07. The van der Waals surface area contributed by atoms with Gasteiger partial charge in [0.05, 0.1) is 11.4 Å². The first-order chi connectivity index (χ1) is 12.1. The molecule has 0 fully saturated rings. The number of hydrogen-bond donors (Lipinski definition) is 0. The quantitative estimate of drug-likeness (QED) is 0.478. The Balaban J connectivity index is 2.04. The average Bonchev–Trinajstić information content (AvgIpc) is 2.90. The van der Waals surface area contributed by atoms with Crippen LogP contribution in [0.1, 0.15) is 58.4 Å². The van der Waals surface area contributed by atoms with Gasteiger partial charge in [-0.2, -0.15) is 0 Å². The van der Waals surface area contributed by atoms with Crippen molar-refractivity contribution in [3.8, 4) is 0 Å². The van der Waals surface area contributed by atoms with Crippen LogP contribution in [0.4, 0.5) is 11.5 Å². The fourth-order valence-electron chi connectivity index (χ4n) is 2.87. The first kappa shape index (κ1) is 18.3. The zero-order chi connectivity index (χ0) is 19.1. The minimum absolute atomic E-state index is 0.107. The Morgan fingerprint density at radius 2 is 1.46 bits per heavy atom. The normalized spacial score (nSPS) is 13.0. The molecule has 0 unspecified atom stereocenters. The van der Waals surface area contributed by atoms with Crippen LogP contribution in [0.15, 0.2) is 52.8 Å². The number of imidazole rings is 1. The van der Waals surface area contributed by atoms with Crippen LogP contribution in [0.3, 0.4) is 0 Å². The summed E-state index contributed by atoms with van der Waals surface area (Å²) in [7, 11) is 0. The lowest BCUT2D eigenvalue weighted by molar-refractivity contribution is 0.573. The zero-order valence-electron chi connectivity index (χ0n) is 16.8. The molecule has 0 bridgehead atoms. The van der Waals surface area contributed by atoms with E-state index in [1.54, 1.807) is 0 Å². The van der Waals surface area contributed by atoms with Gasteiger partial charge in [-0.05, 0) is 41.7 Å². The topological polar surface area (TPSA) is 42.0 Å². The Bertz CT molecular complexity index is 949. The van der Waals surface area contributed by atoms with Crippen LogP contribution in [0.5, 0.6) is 0 Å². The molecule has 0 saturated heterocycles. The third kappa shape index (κ3) is 3.69. The molecule has 0 N–H and O–H groups in total. The van der Waals surface area contributed by atoms with Crippen LogP contribution in [-0.4, -0.2) is 9.38 Å². The number of fused-ring (bicyclic) bond motifs is 1. The fourth-order valence-corrected chi connectivity index (χ4v) is 2.87. The molecule has 0 aliphatic rings. The van der Waals surface area contributed by atoms with E-state index in [1.165, 1.54) is 11.1 Å². The molecular formula is C22H28N4. The van der Waals surface area contributed by atoms with E-state index in [0.717, 1.165) is 22.8 Å². The van der Waals surface area contributed by atoms with E-state index in [1.807, 2.05) is 22.6 Å². The highest BCUT2D eigenvalue weighted by atomic mass is 15.2. The van der Waals surface area contributed by atoms with Crippen molar-refractivity contribution in [2.75, 3.05) is 0 Å². The number of aromatic nitrogens is 2. The molecule has 2 aromatic heterocycles. The molecule has 4 heteroatoms. The number of aryl methyl sites for hydroxylation is 1. The Morgan fingerprint density at radius 1 is 0.808 bits per heavy atom. The predicted octanol–water partition coefficient (Wildman–Crippen LogP) is 6.65. The molecule has 136 valence electrons. The Morgan fingerprint density at radius 3 is 2.04 bits per heavy atom. The SMILES string of the molecule is Cc1ccc2nc(C(C)(C)C)c(N=Nc3ccc(C(C)(C)C)cc3)n2c1. The third-order valence-electron chi connectivity index (χ3n) is 4.45. The van der Waals surface area contributed by atoms with Crippen molar-refractivity contribution in [2.24, 2.45) is 10.2 Å². The molecule has 0 radical (unpaired) electrons. The first-order valence-electron chi connectivity index (χ1n) is 9.07. The number of benzene rings is 1. The highest BCUT2D eigenvalue weighted by molar-refractivity contribution is 5.55. The fraction of sp³-hybridized carbons (Fsp3) is 0.409. The van der Waals surface area contributed by atoms with Gasteiger partial charge in [0.25, 0.3) is 0 Å². The molecular weight excluding hydrogens is 320 g/mol. The lowest BCUT2D eigenvalue weighted by Gasteiger charge is -2.18. The summed E-state index contributed by atoms with van der Waals surface area (Å²) in [5.41, 5.74) is 5.19. The van der Waals surface area contributed by atoms with Crippen LogP contribution in [0, 0.1) is 6.92 Å². The van der Waals surface area contributed by atoms with Crippen molar-refractivity contribution < 1.29 is 0 Å². The molecule has 4 nitrogen and oxygen atoms in total. The molecule has 1 aromatic carbocycles. The Hall–Kier alpha value is -2.49. The predicted molar refractivity (Wildman–Crippen MR) is 108 cm³/mol. The van der Waals surface area contributed by atoms with Crippen molar-refractivity contribution in [3.05, 3.63) is 59.4 Å². The van der Waals surface area contributed by atoms with Crippen molar-refractivity contribution in [1.29, 1.82) is 0 Å². The summed E-state index contributed by atoms with van der Waals surface area (Å²) >= 11 is 0. The number of rotatable bonds is 2. The largest absolute Gasteiger partial charge is 0.283 e.